The third-order valence-corrected chi connectivity index (χ3v) is 1.73. The summed E-state index contributed by atoms with van der Waals surface area (Å²) in [6.45, 7) is 5.80. The lowest BCUT2D eigenvalue weighted by molar-refractivity contribution is 1.16. The molecule has 3 nitrogen and oxygen atoms in total. The third-order valence-electron chi connectivity index (χ3n) is 1.18. The van der Waals surface area contributed by atoms with Crippen molar-refractivity contribution in [2.45, 2.75) is 13.3 Å². The van der Waals surface area contributed by atoms with Crippen LogP contribution in [-0.2, 0) is 0 Å². The Bertz CT molecular complexity index is 241. The molecular formula is C6H9N3S. The van der Waals surface area contributed by atoms with E-state index in [9.17, 15) is 0 Å². The fourth-order valence-electron chi connectivity index (χ4n) is 0.537. The van der Waals surface area contributed by atoms with Gasteiger partial charge in [-0.2, -0.15) is 9.36 Å². The zero-order chi connectivity index (χ0) is 7.56. The van der Waals surface area contributed by atoms with Crippen LogP contribution in [0, 0.1) is 0 Å². The van der Waals surface area contributed by atoms with E-state index in [2.05, 4.69) is 15.9 Å². The van der Waals surface area contributed by atoms with Crippen molar-refractivity contribution in [1.82, 2.24) is 9.36 Å². The molecule has 1 aromatic heterocycles. The maximum absolute atomic E-state index is 5.37. The van der Waals surface area contributed by atoms with Gasteiger partial charge in [-0.3, -0.25) is 0 Å². The minimum Gasteiger partial charge on any atom is -0.374 e. The summed E-state index contributed by atoms with van der Waals surface area (Å²) in [7, 11) is 0. The van der Waals surface area contributed by atoms with E-state index in [0.717, 1.165) is 12.0 Å². The largest absolute Gasteiger partial charge is 0.374 e. The highest BCUT2D eigenvalue weighted by Crippen LogP contribution is 2.15. The van der Waals surface area contributed by atoms with E-state index in [1.165, 1.54) is 11.5 Å². The summed E-state index contributed by atoms with van der Waals surface area (Å²) in [5, 5.41) is 0.504. The lowest BCUT2D eigenvalue weighted by Gasteiger charge is -1.90. The summed E-state index contributed by atoms with van der Waals surface area (Å²) in [6, 6.07) is 0. The Labute approximate surface area is 63.8 Å². The highest BCUT2D eigenvalue weighted by Gasteiger charge is 2.01. The van der Waals surface area contributed by atoms with E-state index >= 15 is 0 Å². The summed E-state index contributed by atoms with van der Waals surface area (Å²) >= 11 is 1.20. The second-order valence-corrected chi connectivity index (χ2v) is 2.70. The number of hydrogen-bond donors (Lipinski definition) is 1. The van der Waals surface area contributed by atoms with Gasteiger partial charge in [0.15, 0.2) is 11.0 Å². The molecule has 0 unspecified atom stereocenters. The number of hydrogen-bond acceptors (Lipinski definition) is 4. The Morgan fingerprint density at radius 2 is 2.50 bits per heavy atom. The smallest absolute Gasteiger partial charge is 0.200 e. The number of aromatic nitrogens is 2. The monoisotopic (exact) mass is 155 g/mol. The predicted molar refractivity (Wildman–Crippen MR) is 43.6 cm³/mol. The minimum absolute atomic E-state index is 0.504. The Kier molecular flexibility index (Phi) is 2.01. The number of nitrogens with two attached hydrogens (primary N) is 1. The van der Waals surface area contributed by atoms with Gasteiger partial charge in [-0.1, -0.05) is 13.5 Å². The van der Waals surface area contributed by atoms with E-state index in [1.54, 1.807) is 0 Å². The van der Waals surface area contributed by atoms with Gasteiger partial charge in [-0.25, -0.2) is 0 Å². The van der Waals surface area contributed by atoms with Gasteiger partial charge in [0, 0.05) is 11.5 Å². The third kappa shape index (κ3) is 1.33. The summed E-state index contributed by atoms with van der Waals surface area (Å²) < 4.78 is 3.99. The Balaban J connectivity index is 2.85. The molecule has 0 aromatic carbocycles. The topological polar surface area (TPSA) is 51.8 Å². The summed E-state index contributed by atoms with van der Waals surface area (Å²) in [4.78, 5) is 3.97. The van der Waals surface area contributed by atoms with Crippen LogP contribution >= 0.6 is 11.5 Å². The van der Waals surface area contributed by atoms with Crippen LogP contribution in [0.4, 0.5) is 5.13 Å². The fraction of sp³-hybridized carbons (Fsp3) is 0.333. The molecule has 0 aliphatic carbocycles. The molecule has 0 amide bonds. The van der Waals surface area contributed by atoms with Crippen molar-refractivity contribution in [3.8, 4) is 0 Å². The molecule has 0 saturated carbocycles. The molecule has 1 aromatic rings. The second-order valence-electron chi connectivity index (χ2n) is 1.91. The van der Waals surface area contributed by atoms with E-state index in [-0.39, 0.29) is 0 Å². The van der Waals surface area contributed by atoms with Gasteiger partial charge < -0.3 is 5.73 Å². The average Bonchev–Trinajstić information content (AvgIpc) is 2.34. The van der Waals surface area contributed by atoms with Crippen LogP contribution in [0.15, 0.2) is 6.58 Å². The average molecular weight is 155 g/mol. The van der Waals surface area contributed by atoms with Gasteiger partial charge in [0.25, 0.3) is 0 Å². The molecule has 0 atom stereocenters. The van der Waals surface area contributed by atoms with E-state index in [0.29, 0.717) is 11.0 Å². The maximum Gasteiger partial charge on any atom is 0.200 e. The number of anilines is 1. The van der Waals surface area contributed by atoms with Gasteiger partial charge in [0.2, 0.25) is 0 Å². The van der Waals surface area contributed by atoms with Crippen LogP contribution in [0.2, 0.25) is 0 Å². The number of rotatable bonds is 2. The normalized spacial score (nSPS) is 9.70. The van der Waals surface area contributed by atoms with Gasteiger partial charge in [0.05, 0.1) is 0 Å². The van der Waals surface area contributed by atoms with Crippen molar-refractivity contribution in [2.24, 2.45) is 0 Å². The first-order valence-electron chi connectivity index (χ1n) is 3.01. The quantitative estimate of drug-likeness (QED) is 0.704. The van der Waals surface area contributed by atoms with Crippen molar-refractivity contribution in [2.75, 3.05) is 5.73 Å². The van der Waals surface area contributed by atoms with Gasteiger partial charge >= 0.3 is 0 Å². The Morgan fingerprint density at radius 1 is 1.80 bits per heavy atom. The van der Waals surface area contributed by atoms with E-state index in [1.807, 2.05) is 6.92 Å². The molecule has 0 fully saturated rings. The summed E-state index contributed by atoms with van der Waals surface area (Å²) in [5.74, 6) is 0.685. The molecule has 2 N–H and O–H groups in total. The molecule has 0 radical (unpaired) electrons. The molecule has 0 bridgehead atoms. The molecule has 54 valence electrons. The number of nitrogens with zero attached hydrogens (tertiary/aromatic N) is 2. The predicted octanol–water partition coefficient (Wildman–Crippen LogP) is 1.54. The van der Waals surface area contributed by atoms with Gasteiger partial charge in [-0.05, 0) is 12.0 Å². The lowest BCUT2D eigenvalue weighted by Crippen LogP contribution is -1.85. The van der Waals surface area contributed by atoms with Crippen LogP contribution < -0.4 is 5.73 Å². The molecule has 10 heavy (non-hydrogen) atoms. The summed E-state index contributed by atoms with van der Waals surface area (Å²) in [6.07, 6.45) is 0.871. The van der Waals surface area contributed by atoms with Crippen LogP contribution in [0.3, 0.4) is 0 Å². The zero-order valence-corrected chi connectivity index (χ0v) is 6.61. The highest BCUT2D eigenvalue weighted by molar-refractivity contribution is 7.09. The van der Waals surface area contributed by atoms with Crippen LogP contribution in [0.5, 0.6) is 0 Å². The molecule has 0 saturated heterocycles. The van der Waals surface area contributed by atoms with Crippen molar-refractivity contribution < 1.29 is 0 Å². The Hall–Kier alpha value is -0.900. The molecule has 0 aliphatic rings. The van der Waals surface area contributed by atoms with Crippen molar-refractivity contribution in [3.63, 3.8) is 0 Å². The van der Waals surface area contributed by atoms with Crippen LogP contribution in [0.25, 0.3) is 5.57 Å². The molecule has 4 heteroatoms. The first kappa shape index (κ1) is 7.21. The maximum atomic E-state index is 5.37. The number of nitrogen functional groups attached to an aromatic ring is 1. The SMILES string of the molecule is C=C(CC)c1nsc(N)n1. The number of allylic oxidation sites excluding steroid dienone is 1. The highest BCUT2D eigenvalue weighted by atomic mass is 32.1. The van der Waals surface area contributed by atoms with E-state index < -0.39 is 0 Å². The van der Waals surface area contributed by atoms with Crippen LogP contribution in [0.1, 0.15) is 19.2 Å². The Morgan fingerprint density at radius 3 is 2.90 bits per heavy atom. The summed E-state index contributed by atoms with van der Waals surface area (Å²) in [5.41, 5.74) is 6.31. The molecular weight excluding hydrogens is 146 g/mol. The first-order valence-corrected chi connectivity index (χ1v) is 3.78. The zero-order valence-electron chi connectivity index (χ0n) is 5.79. The van der Waals surface area contributed by atoms with Crippen LogP contribution in [-0.4, -0.2) is 9.36 Å². The molecule has 0 aliphatic heterocycles. The lowest BCUT2D eigenvalue weighted by atomic mass is 10.2. The second kappa shape index (κ2) is 2.79. The van der Waals surface area contributed by atoms with Gasteiger partial charge in [-0.15, -0.1) is 0 Å². The van der Waals surface area contributed by atoms with Crippen molar-refractivity contribution in [3.05, 3.63) is 12.4 Å². The standard InChI is InChI=1S/C6H9N3S/c1-3-4(2)5-8-6(7)10-9-5/h2-3H2,1H3,(H2,7,8,9). The van der Waals surface area contributed by atoms with Crippen molar-refractivity contribution >= 4 is 22.2 Å². The molecule has 1 rings (SSSR count). The molecule has 1 heterocycles. The molecule has 0 spiro atoms. The fourth-order valence-corrected chi connectivity index (χ4v) is 1.01. The minimum atomic E-state index is 0.504. The van der Waals surface area contributed by atoms with Gasteiger partial charge in [0.1, 0.15) is 0 Å². The van der Waals surface area contributed by atoms with Crippen molar-refractivity contribution in [1.29, 1.82) is 0 Å². The van der Waals surface area contributed by atoms with E-state index in [4.69, 9.17) is 5.73 Å². The first-order chi connectivity index (χ1) is 4.74.